The van der Waals surface area contributed by atoms with Crippen LogP contribution in [0.25, 0.3) is 0 Å². The zero-order valence-electron chi connectivity index (χ0n) is 13.1. The fraction of sp³-hybridized carbons (Fsp3) is 0.562. The van der Waals surface area contributed by atoms with Crippen molar-refractivity contribution in [2.75, 3.05) is 26.7 Å². The molecule has 0 saturated carbocycles. The Kier molecular flexibility index (Phi) is 6.53. The molecule has 0 aromatic heterocycles. The van der Waals surface area contributed by atoms with E-state index in [0.717, 1.165) is 39.6 Å². The molecule has 2 aliphatic rings. The molecule has 2 aliphatic heterocycles. The highest BCUT2D eigenvalue weighted by molar-refractivity contribution is 6.42. The van der Waals surface area contributed by atoms with Crippen molar-refractivity contribution >= 4 is 29.1 Å². The molecular formula is C16H22Cl2N2O3. The van der Waals surface area contributed by atoms with Crippen LogP contribution in [0.5, 0.6) is 5.75 Å². The summed E-state index contributed by atoms with van der Waals surface area (Å²) in [4.78, 5) is 13.9. The Morgan fingerprint density at radius 1 is 1.35 bits per heavy atom. The topological polar surface area (TPSA) is 72.8 Å². The predicted molar refractivity (Wildman–Crippen MR) is 90.9 cm³/mol. The number of hydrogen-bond acceptors (Lipinski definition) is 4. The number of amides is 1. The molecule has 23 heavy (non-hydrogen) atoms. The van der Waals surface area contributed by atoms with Crippen LogP contribution in [0.2, 0.25) is 10.0 Å². The summed E-state index contributed by atoms with van der Waals surface area (Å²) in [6.45, 7) is 2.54. The van der Waals surface area contributed by atoms with Gasteiger partial charge < -0.3 is 20.4 Å². The summed E-state index contributed by atoms with van der Waals surface area (Å²) in [6, 6.07) is 3.09. The third-order valence-electron chi connectivity index (χ3n) is 4.35. The minimum absolute atomic E-state index is 0.0506. The van der Waals surface area contributed by atoms with Crippen molar-refractivity contribution in [1.29, 1.82) is 0 Å². The Labute approximate surface area is 146 Å². The van der Waals surface area contributed by atoms with Gasteiger partial charge in [0.25, 0.3) is 0 Å². The molecule has 1 amide bonds. The molecule has 1 aromatic rings. The standard InChI is InChI=1S/C15H18Cl2N2O2.CH4O/c16-10-2-3-12(20)14(15(10)17)11-6-9(8-18-11)7-13(21)19-4-1-5-19;1-2/h2-3,9,11,18,20H,1,4-8H2;2H,1H3. The van der Waals surface area contributed by atoms with Crippen molar-refractivity contribution in [1.82, 2.24) is 10.2 Å². The number of likely N-dealkylation sites (tertiary alicyclic amines) is 1. The van der Waals surface area contributed by atoms with E-state index in [0.29, 0.717) is 22.0 Å². The summed E-state index contributed by atoms with van der Waals surface area (Å²) in [6.07, 6.45) is 2.46. The molecule has 3 N–H and O–H groups in total. The van der Waals surface area contributed by atoms with E-state index >= 15 is 0 Å². The van der Waals surface area contributed by atoms with E-state index in [1.165, 1.54) is 0 Å². The number of aliphatic hydroxyl groups excluding tert-OH is 1. The number of aromatic hydroxyl groups is 1. The number of hydrogen-bond donors (Lipinski definition) is 3. The van der Waals surface area contributed by atoms with Crippen molar-refractivity contribution in [2.45, 2.75) is 25.3 Å². The van der Waals surface area contributed by atoms with Crippen LogP contribution < -0.4 is 5.32 Å². The van der Waals surface area contributed by atoms with Gasteiger partial charge in [0.2, 0.25) is 5.91 Å². The van der Waals surface area contributed by atoms with Gasteiger partial charge >= 0.3 is 0 Å². The van der Waals surface area contributed by atoms with Crippen LogP contribution in [-0.2, 0) is 4.79 Å². The van der Waals surface area contributed by atoms with Gasteiger partial charge in [0.1, 0.15) is 5.75 Å². The van der Waals surface area contributed by atoms with E-state index in [4.69, 9.17) is 28.3 Å². The third-order valence-corrected chi connectivity index (χ3v) is 5.17. The second kappa shape index (κ2) is 8.20. The first-order valence-electron chi connectivity index (χ1n) is 7.69. The molecule has 5 nitrogen and oxygen atoms in total. The molecule has 0 bridgehead atoms. The summed E-state index contributed by atoms with van der Waals surface area (Å²) in [5, 5.41) is 21.2. The Bertz CT molecular complexity index is 565. The molecule has 3 rings (SSSR count). The predicted octanol–water partition coefficient (Wildman–Crippen LogP) is 2.58. The maximum absolute atomic E-state index is 12.0. The van der Waals surface area contributed by atoms with Gasteiger partial charge in [-0.1, -0.05) is 23.2 Å². The normalized spacial score (nSPS) is 23.0. The van der Waals surface area contributed by atoms with E-state index in [9.17, 15) is 9.90 Å². The largest absolute Gasteiger partial charge is 0.508 e. The molecule has 0 radical (unpaired) electrons. The number of phenolic OH excluding ortho intramolecular Hbond substituents is 1. The second-order valence-electron chi connectivity index (χ2n) is 5.80. The fourth-order valence-corrected chi connectivity index (χ4v) is 3.47. The highest BCUT2D eigenvalue weighted by Crippen LogP contribution is 2.41. The first kappa shape index (κ1) is 18.3. The summed E-state index contributed by atoms with van der Waals surface area (Å²) in [7, 11) is 1.00. The van der Waals surface area contributed by atoms with Crippen LogP contribution in [-0.4, -0.2) is 47.8 Å². The number of carbonyl (C=O) groups excluding carboxylic acids is 1. The molecule has 128 valence electrons. The van der Waals surface area contributed by atoms with Crippen molar-refractivity contribution in [3.63, 3.8) is 0 Å². The zero-order chi connectivity index (χ0) is 17.0. The van der Waals surface area contributed by atoms with Crippen LogP contribution in [0.3, 0.4) is 0 Å². The molecule has 2 heterocycles. The fourth-order valence-electron chi connectivity index (χ4n) is 3.01. The molecular weight excluding hydrogens is 339 g/mol. The second-order valence-corrected chi connectivity index (χ2v) is 6.58. The Balaban J connectivity index is 0.000000924. The van der Waals surface area contributed by atoms with Gasteiger partial charge in [-0.15, -0.1) is 0 Å². The van der Waals surface area contributed by atoms with Gasteiger partial charge in [-0.05, 0) is 37.4 Å². The van der Waals surface area contributed by atoms with Crippen LogP contribution in [0.1, 0.15) is 30.9 Å². The number of benzene rings is 1. The SMILES string of the molecule is CO.O=C(CC1CNC(c2c(O)ccc(Cl)c2Cl)C1)N1CCC1. The summed E-state index contributed by atoms with van der Waals surface area (Å²) in [5.41, 5.74) is 0.642. The van der Waals surface area contributed by atoms with Gasteiger partial charge in [0.15, 0.2) is 0 Å². The number of aliphatic hydroxyl groups is 1. The maximum Gasteiger partial charge on any atom is 0.222 e. The molecule has 0 spiro atoms. The van der Waals surface area contributed by atoms with Crippen molar-refractivity contribution < 1.29 is 15.0 Å². The minimum atomic E-state index is -0.0506. The molecule has 0 aliphatic carbocycles. The highest BCUT2D eigenvalue weighted by atomic mass is 35.5. The number of phenols is 1. The number of halogens is 2. The minimum Gasteiger partial charge on any atom is -0.508 e. The van der Waals surface area contributed by atoms with E-state index in [2.05, 4.69) is 5.32 Å². The Morgan fingerprint density at radius 2 is 2.04 bits per heavy atom. The number of carbonyl (C=O) groups is 1. The van der Waals surface area contributed by atoms with Crippen molar-refractivity contribution in [2.24, 2.45) is 5.92 Å². The number of nitrogens with zero attached hydrogens (tertiary/aromatic N) is 1. The van der Waals surface area contributed by atoms with Gasteiger partial charge in [-0.25, -0.2) is 0 Å². The lowest BCUT2D eigenvalue weighted by atomic mass is 9.96. The third kappa shape index (κ3) is 4.10. The average Bonchev–Trinajstić information content (AvgIpc) is 2.92. The van der Waals surface area contributed by atoms with Crippen LogP contribution in [0, 0.1) is 5.92 Å². The first-order chi connectivity index (χ1) is 11.1. The molecule has 7 heteroatoms. The Morgan fingerprint density at radius 3 is 2.65 bits per heavy atom. The maximum atomic E-state index is 12.0. The molecule has 2 unspecified atom stereocenters. The number of rotatable bonds is 3. The smallest absolute Gasteiger partial charge is 0.222 e. The van der Waals surface area contributed by atoms with E-state index < -0.39 is 0 Å². The summed E-state index contributed by atoms with van der Waals surface area (Å²) < 4.78 is 0. The molecule has 2 saturated heterocycles. The van der Waals surface area contributed by atoms with Gasteiger partial charge in [0, 0.05) is 38.2 Å². The molecule has 1 aromatic carbocycles. The van der Waals surface area contributed by atoms with Gasteiger partial charge in [0.05, 0.1) is 10.0 Å². The van der Waals surface area contributed by atoms with Crippen molar-refractivity contribution in [3.8, 4) is 5.75 Å². The van der Waals surface area contributed by atoms with E-state index in [-0.39, 0.29) is 23.6 Å². The van der Waals surface area contributed by atoms with Crippen LogP contribution >= 0.6 is 23.2 Å². The lowest BCUT2D eigenvalue weighted by molar-refractivity contribution is -0.135. The number of nitrogens with one attached hydrogen (secondary N) is 1. The lowest BCUT2D eigenvalue weighted by Crippen LogP contribution is -2.42. The van der Waals surface area contributed by atoms with Crippen LogP contribution in [0.15, 0.2) is 12.1 Å². The first-order valence-corrected chi connectivity index (χ1v) is 8.44. The van der Waals surface area contributed by atoms with Crippen LogP contribution in [0.4, 0.5) is 0 Å². The molecule has 2 atom stereocenters. The highest BCUT2D eigenvalue weighted by Gasteiger charge is 2.32. The summed E-state index contributed by atoms with van der Waals surface area (Å²) >= 11 is 12.2. The van der Waals surface area contributed by atoms with Gasteiger partial charge in [-0.2, -0.15) is 0 Å². The zero-order valence-corrected chi connectivity index (χ0v) is 14.6. The summed E-state index contributed by atoms with van der Waals surface area (Å²) in [5.74, 6) is 0.657. The monoisotopic (exact) mass is 360 g/mol. The lowest BCUT2D eigenvalue weighted by Gasteiger charge is -2.31. The van der Waals surface area contributed by atoms with E-state index in [1.807, 2.05) is 4.90 Å². The molecule has 2 fully saturated rings. The quantitative estimate of drug-likeness (QED) is 0.774. The van der Waals surface area contributed by atoms with Crippen molar-refractivity contribution in [3.05, 3.63) is 27.7 Å². The van der Waals surface area contributed by atoms with E-state index in [1.54, 1.807) is 12.1 Å². The Hall–Kier alpha value is -1.01. The van der Waals surface area contributed by atoms with Gasteiger partial charge in [-0.3, -0.25) is 4.79 Å². The average molecular weight is 361 g/mol.